The van der Waals surface area contributed by atoms with Crippen molar-refractivity contribution < 1.29 is 33.3 Å². The Bertz CT molecular complexity index is 619. The molecule has 8 heteroatoms. The molecular weight excluding hydrogens is 330 g/mol. The van der Waals surface area contributed by atoms with Crippen molar-refractivity contribution in [3.05, 3.63) is 35.9 Å². The number of nitrogens with one attached hydrogen (secondary N) is 1. The van der Waals surface area contributed by atoms with E-state index in [0.29, 0.717) is 5.56 Å². The average molecular weight is 351 g/mol. The van der Waals surface area contributed by atoms with Crippen LogP contribution in [-0.2, 0) is 23.7 Å². The lowest BCUT2D eigenvalue weighted by molar-refractivity contribution is -0.222. The Balaban J connectivity index is 2.13. The van der Waals surface area contributed by atoms with E-state index < -0.39 is 42.6 Å². The fourth-order valence-electron chi connectivity index (χ4n) is 2.60. The fourth-order valence-corrected chi connectivity index (χ4v) is 2.60. The number of rotatable bonds is 4. The second kappa shape index (κ2) is 8.48. The Hall–Kier alpha value is -2.61. The van der Waals surface area contributed by atoms with Crippen molar-refractivity contribution in [2.24, 2.45) is 0 Å². The second-order valence-electron chi connectivity index (χ2n) is 5.59. The van der Waals surface area contributed by atoms with Gasteiger partial charge in [0.25, 0.3) is 0 Å². The molecule has 1 saturated heterocycles. The first-order valence-electron chi connectivity index (χ1n) is 7.84. The zero-order chi connectivity index (χ0) is 18.4. The Kier molecular flexibility index (Phi) is 6.35. The van der Waals surface area contributed by atoms with Crippen LogP contribution in [0.25, 0.3) is 0 Å². The van der Waals surface area contributed by atoms with Gasteiger partial charge in [0.1, 0.15) is 6.10 Å². The third-order valence-corrected chi connectivity index (χ3v) is 3.71. The number of ether oxygens (including phenoxy) is 4. The smallest absolute Gasteiger partial charge is 0.407 e. The predicted octanol–water partition coefficient (Wildman–Crippen LogP) is 1.63. The van der Waals surface area contributed by atoms with Crippen molar-refractivity contribution in [2.75, 3.05) is 7.11 Å². The molecule has 0 aromatic heterocycles. The highest BCUT2D eigenvalue weighted by atomic mass is 16.7. The summed E-state index contributed by atoms with van der Waals surface area (Å²) in [7, 11) is 1.23. The molecule has 1 N–H and O–H groups in total. The van der Waals surface area contributed by atoms with Crippen molar-refractivity contribution in [1.29, 1.82) is 0 Å². The minimum atomic E-state index is -0.846. The highest BCUT2D eigenvalue weighted by Gasteiger charge is 2.41. The second-order valence-corrected chi connectivity index (χ2v) is 5.59. The van der Waals surface area contributed by atoms with E-state index in [0.717, 1.165) is 0 Å². The van der Waals surface area contributed by atoms with Crippen LogP contribution in [-0.4, -0.2) is 49.7 Å². The van der Waals surface area contributed by atoms with E-state index in [1.165, 1.54) is 14.0 Å². The monoisotopic (exact) mass is 351 g/mol. The van der Waals surface area contributed by atoms with Gasteiger partial charge in [-0.2, -0.15) is 0 Å². The minimum Gasteiger partial charge on any atom is -0.454 e. The molecule has 0 saturated carbocycles. The Morgan fingerprint density at radius 3 is 2.44 bits per heavy atom. The molecule has 1 aromatic carbocycles. The lowest BCUT2D eigenvalue weighted by Crippen LogP contribution is -2.57. The van der Waals surface area contributed by atoms with E-state index in [-0.39, 0.29) is 6.42 Å². The third kappa shape index (κ3) is 5.18. The van der Waals surface area contributed by atoms with E-state index in [1.54, 1.807) is 37.3 Å². The van der Waals surface area contributed by atoms with Crippen LogP contribution < -0.4 is 5.32 Å². The van der Waals surface area contributed by atoms with Crippen LogP contribution in [0.5, 0.6) is 0 Å². The molecule has 1 aromatic rings. The maximum absolute atomic E-state index is 12.3. The quantitative estimate of drug-likeness (QED) is 0.650. The lowest BCUT2D eigenvalue weighted by Gasteiger charge is -2.39. The molecule has 1 amide bonds. The Labute approximate surface area is 145 Å². The van der Waals surface area contributed by atoms with Crippen molar-refractivity contribution in [2.45, 2.75) is 44.8 Å². The molecule has 1 heterocycles. The van der Waals surface area contributed by atoms with Gasteiger partial charge in [-0.25, -0.2) is 9.59 Å². The molecule has 2 rings (SSSR count). The molecule has 25 heavy (non-hydrogen) atoms. The first kappa shape index (κ1) is 18.7. The first-order chi connectivity index (χ1) is 11.9. The molecular formula is C17H21NO7. The van der Waals surface area contributed by atoms with Crippen LogP contribution in [0, 0.1) is 0 Å². The van der Waals surface area contributed by atoms with Gasteiger partial charge in [0.2, 0.25) is 6.29 Å². The summed E-state index contributed by atoms with van der Waals surface area (Å²) in [6.07, 6.45) is -2.76. The summed E-state index contributed by atoms with van der Waals surface area (Å²) in [6.45, 7) is 2.93. The van der Waals surface area contributed by atoms with Crippen LogP contribution in [0.4, 0.5) is 4.79 Å². The molecule has 0 bridgehead atoms. The number of hydrogen-bond donors (Lipinski definition) is 1. The van der Waals surface area contributed by atoms with Crippen LogP contribution >= 0.6 is 0 Å². The molecule has 1 fully saturated rings. The van der Waals surface area contributed by atoms with Crippen molar-refractivity contribution >= 4 is 18.0 Å². The summed E-state index contributed by atoms with van der Waals surface area (Å²) in [6, 6.07) is 7.85. The molecule has 0 spiro atoms. The summed E-state index contributed by atoms with van der Waals surface area (Å²) >= 11 is 0. The standard InChI is InChI=1S/C17H21NO7/c1-10-15(25-16(20)12-7-5-4-6-8-12)13(18-17(21)22-3)9-14(23-10)24-11(2)19/h4-8,10,13-15H,9H2,1-3H3,(H,18,21)/t10-,13-,14+,15-/m1/s1. The number of amides is 1. The molecule has 0 unspecified atom stereocenters. The minimum absolute atomic E-state index is 0.131. The van der Waals surface area contributed by atoms with Gasteiger partial charge in [-0.15, -0.1) is 0 Å². The number of carbonyl (C=O) groups excluding carboxylic acids is 3. The van der Waals surface area contributed by atoms with E-state index in [2.05, 4.69) is 10.1 Å². The van der Waals surface area contributed by atoms with Gasteiger partial charge >= 0.3 is 18.0 Å². The summed E-state index contributed by atoms with van der Waals surface area (Å²) < 4.78 is 20.8. The van der Waals surface area contributed by atoms with Crippen molar-refractivity contribution in [3.8, 4) is 0 Å². The van der Waals surface area contributed by atoms with Gasteiger partial charge < -0.3 is 24.3 Å². The number of carbonyl (C=O) groups is 3. The van der Waals surface area contributed by atoms with E-state index in [9.17, 15) is 14.4 Å². The number of esters is 2. The van der Waals surface area contributed by atoms with Gasteiger partial charge in [-0.05, 0) is 19.1 Å². The number of hydrogen-bond acceptors (Lipinski definition) is 7. The summed E-state index contributed by atoms with van der Waals surface area (Å²) in [5.41, 5.74) is 0.383. The van der Waals surface area contributed by atoms with Gasteiger partial charge in [-0.1, -0.05) is 18.2 Å². The molecule has 4 atom stereocenters. The SMILES string of the molecule is COC(=O)N[C@@H]1C[C@H](OC(C)=O)O[C@H](C)[C@H]1OC(=O)c1ccccc1. The molecule has 8 nitrogen and oxygen atoms in total. The number of methoxy groups -OCH3 is 1. The van der Waals surface area contributed by atoms with Crippen LogP contribution in [0.2, 0.25) is 0 Å². The molecule has 0 aliphatic carbocycles. The van der Waals surface area contributed by atoms with Crippen LogP contribution in [0.3, 0.4) is 0 Å². The largest absolute Gasteiger partial charge is 0.454 e. The molecule has 1 aliphatic rings. The summed E-state index contributed by atoms with van der Waals surface area (Å²) in [5, 5.41) is 2.60. The zero-order valence-electron chi connectivity index (χ0n) is 14.3. The van der Waals surface area contributed by atoms with Crippen LogP contribution in [0.15, 0.2) is 30.3 Å². The molecule has 136 valence electrons. The summed E-state index contributed by atoms with van der Waals surface area (Å²) in [5.74, 6) is -1.04. The van der Waals surface area contributed by atoms with Crippen molar-refractivity contribution in [1.82, 2.24) is 5.32 Å². The van der Waals surface area contributed by atoms with Gasteiger partial charge in [0.05, 0.1) is 24.8 Å². The third-order valence-electron chi connectivity index (χ3n) is 3.71. The number of alkyl carbamates (subject to hydrolysis) is 1. The maximum Gasteiger partial charge on any atom is 0.407 e. The van der Waals surface area contributed by atoms with Gasteiger partial charge in [-0.3, -0.25) is 4.79 Å². The predicted molar refractivity (Wildman–Crippen MR) is 85.7 cm³/mol. The normalized spacial score (nSPS) is 25.6. The first-order valence-corrected chi connectivity index (χ1v) is 7.84. The fraction of sp³-hybridized carbons (Fsp3) is 0.471. The molecule has 1 aliphatic heterocycles. The highest BCUT2D eigenvalue weighted by Crippen LogP contribution is 2.25. The number of benzene rings is 1. The van der Waals surface area contributed by atoms with E-state index >= 15 is 0 Å². The average Bonchev–Trinajstić information content (AvgIpc) is 2.57. The summed E-state index contributed by atoms with van der Waals surface area (Å²) in [4.78, 5) is 35.1. The molecule has 0 radical (unpaired) electrons. The van der Waals surface area contributed by atoms with E-state index in [4.69, 9.17) is 14.2 Å². The van der Waals surface area contributed by atoms with Gasteiger partial charge in [0.15, 0.2) is 0 Å². The zero-order valence-corrected chi connectivity index (χ0v) is 14.3. The highest BCUT2D eigenvalue weighted by molar-refractivity contribution is 5.89. The van der Waals surface area contributed by atoms with Gasteiger partial charge in [0, 0.05) is 13.3 Å². The Morgan fingerprint density at radius 1 is 1.16 bits per heavy atom. The van der Waals surface area contributed by atoms with E-state index in [1.807, 2.05) is 0 Å². The van der Waals surface area contributed by atoms with Crippen LogP contribution in [0.1, 0.15) is 30.6 Å². The Morgan fingerprint density at radius 2 is 1.84 bits per heavy atom. The van der Waals surface area contributed by atoms with Crippen molar-refractivity contribution in [3.63, 3.8) is 0 Å². The topological polar surface area (TPSA) is 100 Å². The lowest BCUT2D eigenvalue weighted by atomic mass is 9.99. The maximum atomic E-state index is 12.3.